The van der Waals surface area contributed by atoms with Crippen LogP contribution in [0.15, 0.2) is 48.5 Å². The lowest BCUT2D eigenvalue weighted by Crippen LogP contribution is -2.38. The van der Waals surface area contributed by atoms with Crippen molar-refractivity contribution in [1.29, 1.82) is 0 Å². The van der Waals surface area contributed by atoms with Crippen LogP contribution in [0, 0.1) is 17.6 Å². The molecule has 1 aliphatic heterocycles. The van der Waals surface area contributed by atoms with E-state index in [0.29, 0.717) is 37.3 Å². The summed E-state index contributed by atoms with van der Waals surface area (Å²) in [4.78, 5) is 14.2. The maximum atomic E-state index is 13.8. The molecule has 1 amide bonds. The topological polar surface area (TPSA) is 32.3 Å². The number of carbonyl (C=O) groups is 1. The molecule has 0 atom stereocenters. The molecular weight excluding hydrogens is 298 g/mol. The average Bonchev–Trinajstić information content (AvgIpc) is 2.55. The van der Waals surface area contributed by atoms with E-state index in [4.69, 9.17) is 0 Å². The number of piperidine rings is 1. The Hall–Kier alpha value is -2.43. The minimum absolute atomic E-state index is 0.108. The molecule has 0 radical (unpaired) electrons. The second-order valence-corrected chi connectivity index (χ2v) is 5.71. The molecule has 1 fully saturated rings. The van der Waals surface area contributed by atoms with Gasteiger partial charge in [0.15, 0.2) is 0 Å². The molecule has 0 spiro atoms. The maximum absolute atomic E-state index is 13.8. The van der Waals surface area contributed by atoms with Crippen molar-refractivity contribution >= 4 is 17.3 Å². The molecule has 0 aromatic heterocycles. The molecule has 1 heterocycles. The summed E-state index contributed by atoms with van der Waals surface area (Å²) in [6.07, 6.45) is 1.30. The zero-order valence-electron chi connectivity index (χ0n) is 12.6. The van der Waals surface area contributed by atoms with Gasteiger partial charge in [-0.25, -0.2) is 8.78 Å². The summed E-state index contributed by atoms with van der Waals surface area (Å²) >= 11 is 0. The maximum Gasteiger partial charge on any atom is 0.227 e. The van der Waals surface area contributed by atoms with Crippen molar-refractivity contribution < 1.29 is 13.6 Å². The summed E-state index contributed by atoms with van der Waals surface area (Å²) in [5.41, 5.74) is 1.04. The summed E-state index contributed by atoms with van der Waals surface area (Å²) in [5.74, 6) is -0.864. The minimum atomic E-state index is -0.378. The van der Waals surface area contributed by atoms with Crippen molar-refractivity contribution in [1.82, 2.24) is 0 Å². The highest BCUT2D eigenvalue weighted by atomic mass is 19.1. The van der Waals surface area contributed by atoms with E-state index in [1.165, 1.54) is 18.2 Å². The molecule has 0 aliphatic carbocycles. The van der Waals surface area contributed by atoms with E-state index in [0.717, 1.165) is 0 Å². The van der Waals surface area contributed by atoms with Gasteiger partial charge in [-0.2, -0.15) is 0 Å². The van der Waals surface area contributed by atoms with Gasteiger partial charge in [0.25, 0.3) is 0 Å². The van der Waals surface area contributed by atoms with E-state index < -0.39 is 0 Å². The van der Waals surface area contributed by atoms with Crippen molar-refractivity contribution in [2.75, 3.05) is 23.3 Å². The monoisotopic (exact) mass is 316 g/mol. The normalized spacial score (nSPS) is 15.5. The molecule has 3 rings (SSSR count). The zero-order chi connectivity index (χ0) is 16.2. The number of benzene rings is 2. The Morgan fingerprint density at radius 2 is 1.78 bits per heavy atom. The third-order valence-corrected chi connectivity index (χ3v) is 4.15. The van der Waals surface area contributed by atoms with Crippen molar-refractivity contribution in [3.8, 4) is 0 Å². The molecule has 3 nitrogen and oxygen atoms in total. The van der Waals surface area contributed by atoms with Crippen molar-refractivity contribution in [2.45, 2.75) is 12.8 Å². The van der Waals surface area contributed by atoms with Crippen LogP contribution in [0.5, 0.6) is 0 Å². The van der Waals surface area contributed by atoms with Gasteiger partial charge >= 0.3 is 0 Å². The van der Waals surface area contributed by atoms with Gasteiger partial charge in [-0.1, -0.05) is 18.2 Å². The lowest BCUT2D eigenvalue weighted by molar-refractivity contribution is -0.120. The number of hydrogen-bond donors (Lipinski definition) is 1. The van der Waals surface area contributed by atoms with Crippen molar-refractivity contribution in [3.63, 3.8) is 0 Å². The predicted molar refractivity (Wildman–Crippen MR) is 86.4 cm³/mol. The highest BCUT2D eigenvalue weighted by Crippen LogP contribution is 2.26. The Kier molecular flexibility index (Phi) is 4.55. The Labute approximate surface area is 133 Å². The van der Waals surface area contributed by atoms with Gasteiger partial charge in [-0.05, 0) is 43.2 Å². The van der Waals surface area contributed by atoms with Gasteiger partial charge in [0, 0.05) is 24.7 Å². The van der Waals surface area contributed by atoms with Crippen molar-refractivity contribution in [2.24, 2.45) is 5.92 Å². The van der Waals surface area contributed by atoms with E-state index in [1.54, 1.807) is 30.3 Å². The molecule has 120 valence electrons. The predicted octanol–water partition coefficient (Wildman–Crippen LogP) is 3.82. The highest BCUT2D eigenvalue weighted by molar-refractivity contribution is 5.92. The van der Waals surface area contributed by atoms with Crippen LogP contribution in [-0.2, 0) is 4.79 Å². The second kappa shape index (κ2) is 6.77. The molecule has 23 heavy (non-hydrogen) atoms. The Morgan fingerprint density at radius 1 is 1.04 bits per heavy atom. The lowest BCUT2D eigenvalue weighted by atomic mass is 9.95. The van der Waals surface area contributed by atoms with Crippen LogP contribution in [-0.4, -0.2) is 19.0 Å². The molecule has 0 saturated carbocycles. The van der Waals surface area contributed by atoms with Crippen LogP contribution < -0.4 is 10.2 Å². The second-order valence-electron chi connectivity index (χ2n) is 5.71. The number of nitrogens with one attached hydrogen (secondary N) is 1. The van der Waals surface area contributed by atoms with Crippen molar-refractivity contribution in [3.05, 3.63) is 60.2 Å². The smallest absolute Gasteiger partial charge is 0.227 e. The first-order valence-corrected chi connectivity index (χ1v) is 7.69. The summed E-state index contributed by atoms with van der Waals surface area (Å²) in [6.45, 7) is 1.25. The molecule has 2 aromatic carbocycles. The van der Waals surface area contributed by atoms with Crippen LogP contribution in [0.4, 0.5) is 20.2 Å². The fourth-order valence-electron chi connectivity index (χ4n) is 2.90. The number of rotatable bonds is 3. The summed E-state index contributed by atoms with van der Waals surface area (Å²) in [7, 11) is 0. The number of anilines is 2. The third-order valence-electron chi connectivity index (χ3n) is 4.15. The van der Waals surface area contributed by atoms with Crippen LogP contribution in [0.2, 0.25) is 0 Å². The number of amides is 1. The zero-order valence-corrected chi connectivity index (χ0v) is 12.6. The molecular formula is C18H18F2N2O. The van der Waals surface area contributed by atoms with Crippen LogP contribution >= 0.6 is 0 Å². The van der Waals surface area contributed by atoms with E-state index in [-0.39, 0.29) is 23.5 Å². The van der Waals surface area contributed by atoms with E-state index in [9.17, 15) is 13.6 Å². The van der Waals surface area contributed by atoms with Gasteiger partial charge in [-0.15, -0.1) is 0 Å². The lowest BCUT2D eigenvalue weighted by Gasteiger charge is -2.33. The summed E-state index contributed by atoms with van der Waals surface area (Å²) in [6, 6.07) is 12.5. The van der Waals surface area contributed by atoms with Gasteiger partial charge in [0.05, 0.1) is 5.69 Å². The Balaban J connectivity index is 1.58. The summed E-state index contributed by atoms with van der Waals surface area (Å²) < 4.78 is 26.9. The Bertz CT molecular complexity index is 697. The van der Waals surface area contributed by atoms with E-state index >= 15 is 0 Å². The van der Waals surface area contributed by atoms with Gasteiger partial charge in [0.2, 0.25) is 5.91 Å². The van der Waals surface area contributed by atoms with Gasteiger partial charge in [-0.3, -0.25) is 4.79 Å². The van der Waals surface area contributed by atoms with Gasteiger partial charge < -0.3 is 10.2 Å². The first-order chi connectivity index (χ1) is 11.1. The van der Waals surface area contributed by atoms with Crippen LogP contribution in [0.1, 0.15) is 12.8 Å². The number of hydrogen-bond acceptors (Lipinski definition) is 2. The fourth-order valence-corrected chi connectivity index (χ4v) is 2.90. The SMILES string of the molecule is O=C(Nc1cccc(F)c1)C1CCN(c2ccccc2F)CC1. The summed E-state index contributed by atoms with van der Waals surface area (Å²) in [5, 5.41) is 2.75. The molecule has 1 saturated heterocycles. The van der Waals surface area contributed by atoms with E-state index in [2.05, 4.69) is 5.32 Å². The molecule has 5 heteroatoms. The number of nitrogens with zero attached hydrogens (tertiary/aromatic N) is 1. The number of halogens is 2. The number of carbonyl (C=O) groups excluding carboxylic acids is 1. The standard InChI is InChI=1S/C18H18F2N2O/c19-14-4-3-5-15(12-14)21-18(23)13-8-10-22(11-9-13)17-7-2-1-6-16(17)20/h1-7,12-13H,8-11H2,(H,21,23). The fraction of sp³-hybridized carbons (Fsp3) is 0.278. The molecule has 2 aromatic rings. The first-order valence-electron chi connectivity index (χ1n) is 7.69. The largest absolute Gasteiger partial charge is 0.369 e. The first kappa shape index (κ1) is 15.5. The molecule has 1 N–H and O–H groups in total. The third kappa shape index (κ3) is 3.67. The van der Waals surface area contributed by atoms with E-state index in [1.807, 2.05) is 4.90 Å². The van der Waals surface area contributed by atoms with Crippen LogP contribution in [0.25, 0.3) is 0 Å². The molecule has 0 bridgehead atoms. The Morgan fingerprint density at radius 3 is 2.48 bits per heavy atom. The highest BCUT2D eigenvalue weighted by Gasteiger charge is 2.26. The van der Waals surface area contributed by atoms with Crippen LogP contribution in [0.3, 0.4) is 0 Å². The molecule has 1 aliphatic rings. The quantitative estimate of drug-likeness (QED) is 0.933. The number of para-hydroxylation sites is 1. The minimum Gasteiger partial charge on any atom is -0.369 e. The molecule has 0 unspecified atom stereocenters. The average molecular weight is 316 g/mol. The van der Waals surface area contributed by atoms with Gasteiger partial charge in [0.1, 0.15) is 11.6 Å².